The molecule has 1 fully saturated rings. The fourth-order valence-corrected chi connectivity index (χ4v) is 6.14. The lowest BCUT2D eigenvalue weighted by atomic mass is 9.97. The van der Waals surface area contributed by atoms with Gasteiger partial charge in [-0.3, -0.25) is 15.1 Å². The maximum atomic E-state index is 13.5. The zero-order valence-corrected chi connectivity index (χ0v) is 20.4. The van der Waals surface area contributed by atoms with Gasteiger partial charge in [-0.05, 0) is 56.9 Å². The molecule has 1 amide bonds. The van der Waals surface area contributed by atoms with Crippen LogP contribution in [0.3, 0.4) is 0 Å². The lowest BCUT2D eigenvalue weighted by molar-refractivity contribution is -0.118. The number of anilines is 1. The molecule has 2 aromatic carbocycles. The zero-order chi connectivity index (χ0) is 23.4. The van der Waals surface area contributed by atoms with Crippen molar-refractivity contribution < 1.29 is 4.79 Å². The van der Waals surface area contributed by atoms with Gasteiger partial charge in [0, 0.05) is 35.6 Å². The topological polar surface area (TPSA) is 73.4 Å². The standard InChI is InChI=1S/C27H34N4OS/c1-19-10-8-11-20(2)30(19)16-6-3-7-17-31-23-14-4-5-15-24(23)33-25(27(31)32)21-12-9-13-22(18-21)26(28)29/h3-5,7,9,12-15,18-20,25H,6,8,10-11,16-17H2,1-2H3,(H3,28,29)/t19-,20+,25?. The number of nitrogens with one attached hydrogen (secondary N) is 1. The van der Waals surface area contributed by atoms with E-state index in [1.807, 2.05) is 47.4 Å². The van der Waals surface area contributed by atoms with Crippen LogP contribution in [0.5, 0.6) is 0 Å². The largest absolute Gasteiger partial charge is 0.384 e. The fourth-order valence-electron chi connectivity index (χ4n) is 4.92. The Morgan fingerprint density at radius 3 is 2.64 bits per heavy atom. The molecule has 2 aliphatic heterocycles. The Hall–Kier alpha value is -2.57. The third-order valence-corrected chi connectivity index (χ3v) is 8.08. The number of nitrogen functional groups attached to an aromatic ring is 1. The molecular formula is C27H34N4OS. The molecule has 0 aliphatic carbocycles. The summed E-state index contributed by atoms with van der Waals surface area (Å²) in [6, 6.07) is 16.9. The first-order valence-corrected chi connectivity index (χ1v) is 12.8. The molecule has 1 unspecified atom stereocenters. The predicted molar refractivity (Wildman–Crippen MR) is 138 cm³/mol. The number of carbonyl (C=O) groups excluding carboxylic acids is 1. The fraction of sp³-hybridized carbons (Fsp3) is 0.407. The number of nitrogens with zero attached hydrogens (tertiary/aromatic N) is 2. The van der Waals surface area contributed by atoms with E-state index in [0.29, 0.717) is 24.2 Å². The van der Waals surface area contributed by atoms with Crippen LogP contribution in [0, 0.1) is 5.41 Å². The second kappa shape index (κ2) is 10.6. The van der Waals surface area contributed by atoms with Crippen LogP contribution in [-0.2, 0) is 4.79 Å². The quantitative estimate of drug-likeness (QED) is 0.330. The molecule has 0 aromatic heterocycles. The lowest BCUT2D eigenvalue weighted by Crippen LogP contribution is -2.43. The van der Waals surface area contributed by atoms with E-state index in [4.69, 9.17) is 11.1 Å². The summed E-state index contributed by atoms with van der Waals surface area (Å²) in [6.07, 6.45) is 9.26. The number of piperidine rings is 1. The molecule has 0 bridgehead atoms. The van der Waals surface area contributed by atoms with E-state index >= 15 is 0 Å². The van der Waals surface area contributed by atoms with E-state index in [1.165, 1.54) is 19.3 Å². The molecule has 0 radical (unpaired) electrons. The van der Waals surface area contributed by atoms with Crippen molar-refractivity contribution in [3.8, 4) is 0 Å². The molecule has 3 atom stereocenters. The molecule has 5 nitrogen and oxygen atoms in total. The molecule has 2 aliphatic rings. The van der Waals surface area contributed by atoms with Gasteiger partial charge in [0.25, 0.3) is 0 Å². The Bertz CT molecular complexity index is 1030. The highest BCUT2D eigenvalue weighted by molar-refractivity contribution is 8.00. The van der Waals surface area contributed by atoms with E-state index < -0.39 is 0 Å². The van der Waals surface area contributed by atoms with E-state index in [-0.39, 0.29) is 17.0 Å². The van der Waals surface area contributed by atoms with Crippen molar-refractivity contribution in [1.82, 2.24) is 4.90 Å². The highest BCUT2D eigenvalue weighted by atomic mass is 32.2. The summed E-state index contributed by atoms with van der Waals surface area (Å²) in [4.78, 5) is 19.1. The number of amides is 1. The zero-order valence-electron chi connectivity index (χ0n) is 19.5. The molecule has 6 heteroatoms. The van der Waals surface area contributed by atoms with Gasteiger partial charge in [0.05, 0.1) is 5.69 Å². The number of amidine groups is 1. The van der Waals surface area contributed by atoms with Gasteiger partial charge in [0.15, 0.2) is 0 Å². The van der Waals surface area contributed by atoms with E-state index in [1.54, 1.807) is 11.8 Å². The Balaban J connectivity index is 1.47. The lowest BCUT2D eigenvalue weighted by Gasteiger charge is -2.38. The highest BCUT2D eigenvalue weighted by Crippen LogP contribution is 2.46. The maximum Gasteiger partial charge on any atom is 0.245 e. The molecule has 2 heterocycles. The Morgan fingerprint density at radius 1 is 1.12 bits per heavy atom. The Kier molecular flexibility index (Phi) is 7.56. The summed E-state index contributed by atoms with van der Waals surface area (Å²) in [5.74, 6) is 0.0879. The number of likely N-dealkylation sites (tertiary alicyclic amines) is 1. The normalized spacial score (nSPS) is 23.6. The van der Waals surface area contributed by atoms with Gasteiger partial charge in [0.2, 0.25) is 5.91 Å². The minimum atomic E-state index is -0.345. The van der Waals surface area contributed by atoms with Gasteiger partial charge in [-0.15, -0.1) is 11.8 Å². The third-order valence-electron chi connectivity index (χ3n) is 6.78. The highest BCUT2D eigenvalue weighted by Gasteiger charge is 2.34. The summed E-state index contributed by atoms with van der Waals surface area (Å²) < 4.78 is 0. The van der Waals surface area contributed by atoms with Crippen LogP contribution in [0.15, 0.2) is 65.6 Å². The SMILES string of the molecule is C[C@@H]1CCC[C@H](C)N1CCC=CCN1C(=O)C(c2cccc(C(=N)N)c2)Sc2ccccc21. The maximum absolute atomic E-state index is 13.5. The summed E-state index contributed by atoms with van der Waals surface area (Å²) in [5, 5.41) is 7.40. The number of carbonyl (C=O) groups is 1. The minimum Gasteiger partial charge on any atom is -0.384 e. The van der Waals surface area contributed by atoms with E-state index in [9.17, 15) is 4.79 Å². The van der Waals surface area contributed by atoms with Gasteiger partial charge in [0.1, 0.15) is 11.1 Å². The van der Waals surface area contributed by atoms with Crippen molar-refractivity contribution in [2.75, 3.05) is 18.0 Å². The van der Waals surface area contributed by atoms with Crippen LogP contribution < -0.4 is 10.6 Å². The average molecular weight is 463 g/mol. The number of hydrogen-bond donors (Lipinski definition) is 2. The number of hydrogen-bond acceptors (Lipinski definition) is 4. The number of para-hydroxylation sites is 1. The summed E-state index contributed by atoms with van der Waals surface area (Å²) in [6.45, 7) is 6.30. The van der Waals surface area contributed by atoms with Crippen LogP contribution in [0.2, 0.25) is 0 Å². The van der Waals surface area contributed by atoms with Gasteiger partial charge in [-0.1, -0.05) is 48.9 Å². The average Bonchev–Trinajstić information content (AvgIpc) is 2.81. The van der Waals surface area contributed by atoms with Crippen molar-refractivity contribution >= 4 is 29.2 Å². The number of rotatable bonds is 7. The van der Waals surface area contributed by atoms with Gasteiger partial charge >= 0.3 is 0 Å². The van der Waals surface area contributed by atoms with E-state index in [2.05, 4.69) is 37.0 Å². The first-order chi connectivity index (χ1) is 16.0. The molecule has 1 saturated heterocycles. The molecule has 0 spiro atoms. The van der Waals surface area contributed by atoms with Crippen LogP contribution >= 0.6 is 11.8 Å². The van der Waals surface area contributed by atoms with E-state index in [0.717, 1.165) is 29.1 Å². The second-order valence-electron chi connectivity index (χ2n) is 9.08. The van der Waals surface area contributed by atoms with Crippen LogP contribution in [0.4, 0.5) is 5.69 Å². The minimum absolute atomic E-state index is 0.0163. The van der Waals surface area contributed by atoms with Crippen LogP contribution in [-0.4, -0.2) is 41.8 Å². The number of fused-ring (bicyclic) bond motifs is 1. The second-order valence-corrected chi connectivity index (χ2v) is 10.2. The summed E-state index contributed by atoms with van der Waals surface area (Å²) in [5.41, 5.74) is 8.18. The predicted octanol–water partition coefficient (Wildman–Crippen LogP) is 5.36. The number of thioether (sulfide) groups is 1. The smallest absolute Gasteiger partial charge is 0.245 e. The molecule has 4 rings (SSSR count). The summed E-state index contributed by atoms with van der Waals surface area (Å²) in [7, 11) is 0. The third kappa shape index (κ3) is 5.33. The van der Waals surface area contributed by atoms with Crippen LogP contribution in [0.25, 0.3) is 0 Å². The van der Waals surface area contributed by atoms with Crippen molar-refractivity contribution in [2.45, 2.75) is 61.8 Å². The Morgan fingerprint density at radius 2 is 1.88 bits per heavy atom. The number of benzene rings is 2. The molecule has 3 N–H and O–H groups in total. The molecule has 0 saturated carbocycles. The van der Waals surface area contributed by atoms with Crippen molar-refractivity contribution in [3.05, 3.63) is 71.8 Å². The van der Waals surface area contributed by atoms with Gasteiger partial charge in [-0.2, -0.15) is 0 Å². The molecule has 33 heavy (non-hydrogen) atoms. The molecular weight excluding hydrogens is 428 g/mol. The van der Waals surface area contributed by atoms with Crippen molar-refractivity contribution in [3.63, 3.8) is 0 Å². The Labute approximate surface area is 201 Å². The number of nitrogens with two attached hydrogens (primary N) is 1. The monoisotopic (exact) mass is 462 g/mol. The van der Waals surface area contributed by atoms with Crippen molar-refractivity contribution in [1.29, 1.82) is 5.41 Å². The summed E-state index contributed by atoms with van der Waals surface area (Å²) >= 11 is 1.57. The first-order valence-electron chi connectivity index (χ1n) is 11.9. The van der Waals surface area contributed by atoms with Crippen LogP contribution in [0.1, 0.15) is 55.9 Å². The first kappa shape index (κ1) is 23.6. The molecule has 174 valence electrons. The van der Waals surface area contributed by atoms with Gasteiger partial charge < -0.3 is 10.6 Å². The van der Waals surface area contributed by atoms with Gasteiger partial charge in [-0.25, -0.2) is 0 Å². The van der Waals surface area contributed by atoms with Crippen molar-refractivity contribution in [2.24, 2.45) is 5.73 Å². The molecule has 2 aromatic rings.